The van der Waals surface area contributed by atoms with Crippen LogP contribution in [0.4, 0.5) is 0 Å². The highest BCUT2D eigenvalue weighted by molar-refractivity contribution is 7.89. The van der Waals surface area contributed by atoms with Gasteiger partial charge in [-0.3, -0.25) is 4.79 Å². The van der Waals surface area contributed by atoms with E-state index in [4.69, 9.17) is 9.88 Å². The van der Waals surface area contributed by atoms with Crippen LogP contribution in [-0.4, -0.2) is 57.9 Å². The zero-order valence-corrected chi connectivity index (χ0v) is 24.9. The third-order valence-corrected chi connectivity index (χ3v) is 9.97. The fourth-order valence-corrected chi connectivity index (χ4v) is 7.15. The summed E-state index contributed by atoms with van der Waals surface area (Å²) in [6, 6.07) is 10.3. The number of nitrogens with two attached hydrogens (primary N) is 1. The van der Waals surface area contributed by atoms with Crippen molar-refractivity contribution in [2.24, 2.45) is 10.1 Å². The van der Waals surface area contributed by atoms with Crippen LogP contribution in [0.2, 0.25) is 0 Å². The molecule has 0 radical (unpaired) electrons. The first kappa shape index (κ1) is 31.1. The Hall–Kier alpha value is -2.42. The van der Waals surface area contributed by atoms with Crippen molar-refractivity contribution in [3.05, 3.63) is 52.8 Å². The van der Waals surface area contributed by atoms with Gasteiger partial charge in [0, 0.05) is 31.8 Å². The number of ether oxygens (including phenoxy) is 1. The third-order valence-electron chi connectivity index (χ3n) is 6.10. The molecular formula is C26H36N4O6S3. The van der Waals surface area contributed by atoms with E-state index in [1.807, 2.05) is 20.8 Å². The van der Waals surface area contributed by atoms with Gasteiger partial charge in [0.15, 0.2) is 4.80 Å². The minimum Gasteiger partial charge on any atom is -0.380 e. The quantitative estimate of drug-likeness (QED) is 0.281. The molecule has 0 unspecified atom stereocenters. The first-order valence-electron chi connectivity index (χ1n) is 13.0. The lowest BCUT2D eigenvalue weighted by molar-refractivity contribution is 0.0996. The number of benzene rings is 2. The molecule has 0 saturated carbocycles. The van der Waals surface area contributed by atoms with Gasteiger partial charge < -0.3 is 9.30 Å². The van der Waals surface area contributed by atoms with E-state index < -0.39 is 26.0 Å². The van der Waals surface area contributed by atoms with E-state index in [-0.39, 0.29) is 15.4 Å². The average molecular weight is 597 g/mol. The van der Waals surface area contributed by atoms with Crippen molar-refractivity contribution in [2.45, 2.75) is 62.8 Å². The Labute approximate surface area is 234 Å². The first-order valence-corrected chi connectivity index (χ1v) is 16.8. The molecule has 1 aromatic heterocycles. The Kier molecular flexibility index (Phi) is 11.0. The van der Waals surface area contributed by atoms with Gasteiger partial charge in [0.1, 0.15) is 0 Å². The second kappa shape index (κ2) is 13.8. The van der Waals surface area contributed by atoms with Crippen molar-refractivity contribution in [3.63, 3.8) is 0 Å². The fraction of sp³-hybridized carbons (Fsp3) is 0.462. The number of hydrogen-bond acceptors (Lipinski definition) is 7. The van der Waals surface area contributed by atoms with Crippen molar-refractivity contribution in [3.8, 4) is 0 Å². The van der Waals surface area contributed by atoms with Crippen LogP contribution >= 0.6 is 11.3 Å². The van der Waals surface area contributed by atoms with Crippen LogP contribution in [0.3, 0.4) is 0 Å². The smallest absolute Gasteiger partial charge is 0.279 e. The van der Waals surface area contributed by atoms with E-state index in [1.165, 1.54) is 40.7 Å². The van der Waals surface area contributed by atoms with Gasteiger partial charge in [-0.25, -0.2) is 22.0 Å². The summed E-state index contributed by atoms with van der Waals surface area (Å²) in [6.07, 6.45) is 3.32. The van der Waals surface area contributed by atoms with Crippen LogP contribution < -0.4 is 9.94 Å². The number of fused-ring (bicyclic) bond motifs is 1. The van der Waals surface area contributed by atoms with Gasteiger partial charge >= 0.3 is 0 Å². The van der Waals surface area contributed by atoms with Crippen LogP contribution in [0, 0.1) is 0 Å². The normalized spacial score (nSPS) is 13.0. The zero-order chi connectivity index (χ0) is 28.6. The van der Waals surface area contributed by atoms with Gasteiger partial charge in [-0.15, -0.1) is 0 Å². The van der Waals surface area contributed by atoms with Crippen molar-refractivity contribution < 1.29 is 26.4 Å². The van der Waals surface area contributed by atoms with Crippen LogP contribution in [0.15, 0.2) is 57.2 Å². The maximum atomic E-state index is 13.2. The summed E-state index contributed by atoms with van der Waals surface area (Å²) < 4.78 is 59.5. The summed E-state index contributed by atoms with van der Waals surface area (Å²) in [5.74, 6) is -0.545. The van der Waals surface area contributed by atoms with Crippen LogP contribution in [0.25, 0.3) is 10.2 Å². The number of amides is 1. The molecule has 0 aliphatic rings. The maximum Gasteiger partial charge on any atom is 0.279 e. The molecule has 214 valence electrons. The Bertz CT molecular complexity index is 1550. The predicted molar refractivity (Wildman–Crippen MR) is 153 cm³/mol. The van der Waals surface area contributed by atoms with E-state index in [0.717, 1.165) is 37.0 Å². The second-order valence-corrected chi connectivity index (χ2v) is 13.5. The summed E-state index contributed by atoms with van der Waals surface area (Å²) >= 11 is 1.16. The lowest BCUT2D eigenvalue weighted by Gasteiger charge is -2.22. The van der Waals surface area contributed by atoms with Gasteiger partial charge in [0.2, 0.25) is 20.0 Å². The van der Waals surface area contributed by atoms with Crippen molar-refractivity contribution in [1.29, 1.82) is 0 Å². The standard InChI is InChI=1S/C26H36N4O6S3/c1-4-7-15-29(16-8-5-2)39(34,35)21-11-9-20(10-12-21)25(31)28-26-30(17-18-36-6-3)23-14-13-22(38(27,32)33)19-24(23)37-26/h9-14,19H,4-8,15-18H2,1-3H3,(H2,27,32,33). The van der Waals surface area contributed by atoms with E-state index >= 15 is 0 Å². The van der Waals surface area contributed by atoms with Gasteiger partial charge in [0.05, 0.1) is 26.6 Å². The number of carbonyl (C=O) groups excluding carboxylic acids is 1. The number of primary sulfonamides is 1. The zero-order valence-electron chi connectivity index (χ0n) is 22.5. The molecule has 1 heterocycles. The summed E-state index contributed by atoms with van der Waals surface area (Å²) in [5, 5.41) is 5.28. The average Bonchev–Trinajstić information content (AvgIpc) is 3.24. The lowest BCUT2D eigenvalue weighted by Crippen LogP contribution is -2.33. The molecule has 0 aliphatic heterocycles. The number of nitrogens with zero attached hydrogens (tertiary/aromatic N) is 3. The molecule has 10 nitrogen and oxygen atoms in total. The molecule has 2 aromatic carbocycles. The number of unbranched alkanes of at least 4 members (excludes halogenated alkanes) is 2. The maximum absolute atomic E-state index is 13.2. The number of carbonyl (C=O) groups is 1. The molecule has 2 N–H and O–H groups in total. The minimum atomic E-state index is -3.90. The number of thiazole rings is 1. The highest BCUT2D eigenvalue weighted by atomic mass is 32.2. The molecule has 0 aliphatic carbocycles. The molecule has 13 heteroatoms. The van der Waals surface area contributed by atoms with Gasteiger partial charge in [-0.2, -0.15) is 9.30 Å². The van der Waals surface area contributed by atoms with Gasteiger partial charge in [-0.05, 0) is 62.2 Å². The molecule has 3 aromatic rings. The third kappa shape index (κ3) is 7.83. The molecule has 0 spiro atoms. The van der Waals surface area contributed by atoms with Crippen molar-refractivity contribution in [2.75, 3.05) is 26.3 Å². The number of rotatable bonds is 14. The lowest BCUT2D eigenvalue weighted by atomic mass is 10.2. The molecule has 0 bridgehead atoms. The summed E-state index contributed by atoms with van der Waals surface area (Å²) in [4.78, 5) is 17.9. The monoisotopic (exact) mass is 596 g/mol. The molecule has 3 rings (SSSR count). The van der Waals surface area contributed by atoms with Crippen LogP contribution in [0.1, 0.15) is 56.8 Å². The largest absolute Gasteiger partial charge is 0.380 e. The molecule has 39 heavy (non-hydrogen) atoms. The van der Waals surface area contributed by atoms with Crippen molar-refractivity contribution >= 4 is 47.5 Å². The molecule has 0 atom stereocenters. The fourth-order valence-electron chi connectivity index (χ4n) is 3.92. The van der Waals surface area contributed by atoms with E-state index in [2.05, 4.69) is 4.99 Å². The van der Waals surface area contributed by atoms with E-state index in [1.54, 1.807) is 10.6 Å². The Balaban J connectivity index is 1.96. The molecular weight excluding hydrogens is 561 g/mol. The van der Waals surface area contributed by atoms with Crippen molar-refractivity contribution in [1.82, 2.24) is 8.87 Å². The number of aromatic nitrogens is 1. The van der Waals surface area contributed by atoms with Gasteiger partial charge in [0.25, 0.3) is 5.91 Å². The Morgan fingerprint density at radius 3 is 2.15 bits per heavy atom. The Morgan fingerprint density at radius 2 is 1.59 bits per heavy atom. The molecule has 0 fully saturated rings. The highest BCUT2D eigenvalue weighted by Gasteiger charge is 2.24. The summed E-state index contributed by atoms with van der Waals surface area (Å²) in [6.45, 7) is 8.12. The summed E-state index contributed by atoms with van der Waals surface area (Å²) in [5.41, 5.74) is 0.931. The van der Waals surface area contributed by atoms with E-state index in [9.17, 15) is 21.6 Å². The minimum absolute atomic E-state index is 0.0326. The van der Waals surface area contributed by atoms with Gasteiger partial charge in [-0.1, -0.05) is 38.0 Å². The SMILES string of the molecule is CCCCN(CCCC)S(=O)(=O)c1ccc(C(=O)N=c2sc3cc(S(N)(=O)=O)ccc3n2CCOCC)cc1. The van der Waals surface area contributed by atoms with E-state index in [0.29, 0.717) is 47.9 Å². The Morgan fingerprint density at radius 1 is 0.974 bits per heavy atom. The number of hydrogen-bond donors (Lipinski definition) is 1. The first-order chi connectivity index (χ1) is 18.5. The highest BCUT2D eigenvalue weighted by Crippen LogP contribution is 2.22. The molecule has 1 amide bonds. The van der Waals surface area contributed by atoms with Crippen LogP contribution in [0.5, 0.6) is 0 Å². The predicted octanol–water partition coefficient (Wildman–Crippen LogP) is 3.72. The number of sulfonamides is 2. The summed E-state index contributed by atoms with van der Waals surface area (Å²) in [7, 11) is -7.58. The van der Waals surface area contributed by atoms with Crippen LogP contribution in [-0.2, 0) is 31.3 Å². The topological polar surface area (TPSA) is 141 Å². The second-order valence-electron chi connectivity index (χ2n) is 8.96. The molecule has 0 saturated heterocycles.